The first-order chi connectivity index (χ1) is 7.97. The fourth-order valence-corrected chi connectivity index (χ4v) is 1.21. The average molecular weight is 236 g/mol. The molecule has 0 fully saturated rings. The first kappa shape index (κ1) is 13.6. The van der Waals surface area contributed by atoms with Crippen LogP contribution in [0.5, 0.6) is 0 Å². The van der Waals surface area contributed by atoms with Gasteiger partial charge in [0.25, 0.3) is 0 Å². The van der Waals surface area contributed by atoms with E-state index >= 15 is 0 Å². The standard InChI is InChI=1S/C13H20N2O2/c1-13(2,3)17-10-12(16)15-9-7-11-6-4-5-8-14-11/h4-6,8H,7,9-10H2,1-3H3,(H,15,16). The molecule has 0 aromatic carbocycles. The van der Waals surface area contributed by atoms with Crippen molar-refractivity contribution < 1.29 is 9.53 Å². The van der Waals surface area contributed by atoms with E-state index in [0.717, 1.165) is 12.1 Å². The van der Waals surface area contributed by atoms with Crippen LogP contribution in [0.15, 0.2) is 24.4 Å². The molecule has 1 N–H and O–H groups in total. The lowest BCUT2D eigenvalue weighted by molar-refractivity contribution is -0.130. The van der Waals surface area contributed by atoms with E-state index in [9.17, 15) is 4.79 Å². The molecule has 0 atom stereocenters. The van der Waals surface area contributed by atoms with E-state index in [1.165, 1.54) is 0 Å². The van der Waals surface area contributed by atoms with Crippen molar-refractivity contribution >= 4 is 5.91 Å². The molecule has 0 aliphatic rings. The van der Waals surface area contributed by atoms with Gasteiger partial charge in [0.05, 0.1) is 5.60 Å². The topological polar surface area (TPSA) is 51.2 Å². The third-order valence-corrected chi connectivity index (χ3v) is 2.07. The Kier molecular flexibility index (Phi) is 5.10. The van der Waals surface area contributed by atoms with Gasteiger partial charge in [0.2, 0.25) is 5.91 Å². The summed E-state index contributed by atoms with van der Waals surface area (Å²) >= 11 is 0. The zero-order valence-electron chi connectivity index (χ0n) is 10.7. The molecular weight excluding hydrogens is 216 g/mol. The lowest BCUT2D eigenvalue weighted by Gasteiger charge is -2.18. The van der Waals surface area contributed by atoms with Gasteiger partial charge in [0.1, 0.15) is 6.61 Å². The maximum atomic E-state index is 11.4. The molecule has 0 saturated carbocycles. The summed E-state index contributed by atoms with van der Waals surface area (Å²) in [5, 5.41) is 2.80. The maximum Gasteiger partial charge on any atom is 0.246 e. The van der Waals surface area contributed by atoms with Crippen LogP contribution in [0.4, 0.5) is 0 Å². The predicted molar refractivity (Wildman–Crippen MR) is 66.7 cm³/mol. The van der Waals surface area contributed by atoms with E-state index in [4.69, 9.17) is 4.74 Å². The van der Waals surface area contributed by atoms with Crippen molar-refractivity contribution in [3.63, 3.8) is 0 Å². The second-order valence-corrected chi connectivity index (χ2v) is 4.82. The Hall–Kier alpha value is -1.42. The van der Waals surface area contributed by atoms with E-state index in [2.05, 4.69) is 10.3 Å². The Balaban J connectivity index is 2.17. The third kappa shape index (κ3) is 6.68. The molecule has 0 bridgehead atoms. The number of nitrogens with one attached hydrogen (secondary N) is 1. The third-order valence-electron chi connectivity index (χ3n) is 2.07. The molecule has 1 rings (SSSR count). The van der Waals surface area contributed by atoms with Gasteiger partial charge in [-0.25, -0.2) is 0 Å². The van der Waals surface area contributed by atoms with Crippen LogP contribution in [-0.2, 0) is 16.0 Å². The minimum absolute atomic E-state index is 0.0872. The van der Waals surface area contributed by atoms with Crippen LogP contribution in [0, 0.1) is 0 Å². The fraction of sp³-hybridized carbons (Fsp3) is 0.538. The molecule has 0 radical (unpaired) electrons. The number of aromatic nitrogens is 1. The fourth-order valence-electron chi connectivity index (χ4n) is 1.21. The zero-order chi connectivity index (χ0) is 12.7. The molecule has 1 amide bonds. The highest BCUT2D eigenvalue weighted by Gasteiger charge is 2.12. The normalized spacial score (nSPS) is 11.2. The summed E-state index contributed by atoms with van der Waals surface area (Å²) in [5.41, 5.74) is 0.697. The molecule has 0 unspecified atom stereocenters. The highest BCUT2D eigenvalue weighted by Crippen LogP contribution is 2.05. The van der Waals surface area contributed by atoms with Gasteiger partial charge in [-0.1, -0.05) is 6.07 Å². The van der Waals surface area contributed by atoms with Gasteiger partial charge in [-0.15, -0.1) is 0 Å². The van der Waals surface area contributed by atoms with Crippen molar-refractivity contribution in [1.82, 2.24) is 10.3 Å². The van der Waals surface area contributed by atoms with E-state index in [1.54, 1.807) is 6.20 Å². The lowest BCUT2D eigenvalue weighted by Crippen LogP contribution is -2.33. The minimum Gasteiger partial charge on any atom is -0.366 e. The van der Waals surface area contributed by atoms with Gasteiger partial charge in [-0.3, -0.25) is 9.78 Å². The van der Waals surface area contributed by atoms with Gasteiger partial charge in [0.15, 0.2) is 0 Å². The van der Waals surface area contributed by atoms with E-state index in [1.807, 2.05) is 39.0 Å². The van der Waals surface area contributed by atoms with Gasteiger partial charge in [-0.2, -0.15) is 0 Å². The van der Waals surface area contributed by atoms with Crippen molar-refractivity contribution in [2.24, 2.45) is 0 Å². The summed E-state index contributed by atoms with van der Waals surface area (Å²) < 4.78 is 5.37. The first-order valence-corrected chi connectivity index (χ1v) is 5.78. The molecule has 1 aromatic rings. The minimum atomic E-state index is -0.279. The van der Waals surface area contributed by atoms with Gasteiger partial charge in [0, 0.05) is 24.9 Å². The summed E-state index contributed by atoms with van der Waals surface area (Å²) in [6.45, 7) is 6.46. The zero-order valence-corrected chi connectivity index (χ0v) is 10.7. The van der Waals surface area contributed by atoms with Crippen molar-refractivity contribution in [3.05, 3.63) is 30.1 Å². The number of ether oxygens (including phenoxy) is 1. The Labute approximate surface area is 102 Å². The molecule has 0 aliphatic carbocycles. The number of carbonyl (C=O) groups is 1. The quantitative estimate of drug-likeness (QED) is 0.844. The highest BCUT2D eigenvalue weighted by molar-refractivity contribution is 5.77. The molecule has 4 heteroatoms. The van der Waals surface area contributed by atoms with Crippen molar-refractivity contribution in [3.8, 4) is 0 Å². The van der Waals surface area contributed by atoms with E-state index in [0.29, 0.717) is 6.54 Å². The number of rotatable bonds is 5. The maximum absolute atomic E-state index is 11.4. The second kappa shape index (κ2) is 6.35. The number of hydrogen-bond acceptors (Lipinski definition) is 3. The van der Waals surface area contributed by atoms with E-state index in [-0.39, 0.29) is 18.1 Å². The Morgan fingerprint density at radius 1 is 1.41 bits per heavy atom. The Morgan fingerprint density at radius 3 is 2.76 bits per heavy atom. The Morgan fingerprint density at radius 2 is 2.18 bits per heavy atom. The predicted octanol–water partition coefficient (Wildman–Crippen LogP) is 1.56. The van der Waals surface area contributed by atoms with Gasteiger partial charge < -0.3 is 10.1 Å². The average Bonchev–Trinajstić information content (AvgIpc) is 2.27. The van der Waals surface area contributed by atoms with Crippen molar-refractivity contribution in [2.75, 3.05) is 13.2 Å². The van der Waals surface area contributed by atoms with E-state index < -0.39 is 0 Å². The summed E-state index contributed by atoms with van der Waals surface area (Å²) in [7, 11) is 0. The summed E-state index contributed by atoms with van der Waals surface area (Å²) in [5.74, 6) is -0.0872. The number of nitrogens with zero attached hydrogens (tertiary/aromatic N) is 1. The molecular formula is C13H20N2O2. The molecule has 0 saturated heterocycles. The number of carbonyl (C=O) groups excluding carboxylic acids is 1. The molecule has 0 aliphatic heterocycles. The summed E-state index contributed by atoms with van der Waals surface area (Å²) in [4.78, 5) is 15.6. The summed E-state index contributed by atoms with van der Waals surface area (Å²) in [6, 6.07) is 5.75. The van der Waals surface area contributed by atoms with Crippen molar-refractivity contribution in [2.45, 2.75) is 32.8 Å². The van der Waals surface area contributed by atoms with Crippen LogP contribution in [-0.4, -0.2) is 29.6 Å². The van der Waals surface area contributed by atoms with Crippen LogP contribution in [0.1, 0.15) is 26.5 Å². The number of pyridine rings is 1. The van der Waals surface area contributed by atoms with Crippen LogP contribution >= 0.6 is 0 Å². The smallest absolute Gasteiger partial charge is 0.246 e. The number of amides is 1. The molecule has 17 heavy (non-hydrogen) atoms. The van der Waals surface area contributed by atoms with Crippen LogP contribution in [0.2, 0.25) is 0 Å². The molecule has 1 aromatic heterocycles. The molecule has 4 nitrogen and oxygen atoms in total. The highest BCUT2D eigenvalue weighted by atomic mass is 16.5. The van der Waals surface area contributed by atoms with Crippen molar-refractivity contribution in [1.29, 1.82) is 0 Å². The first-order valence-electron chi connectivity index (χ1n) is 5.78. The van der Waals surface area contributed by atoms with Gasteiger partial charge in [-0.05, 0) is 32.9 Å². The van der Waals surface area contributed by atoms with Crippen LogP contribution in [0.25, 0.3) is 0 Å². The second-order valence-electron chi connectivity index (χ2n) is 4.82. The van der Waals surface area contributed by atoms with Crippen LogP contribution < -0.4 is 5.32 Å². The SMILES string of the molecule is CC(C)(C)OCC(=O)NCCc1ccccn1. The van der Waals surface area contributed by atoms with Crippen LogP contribution in [0.3, 0.4) is 0 Å². The lowest BCUT2D eigenvalue weighted by atomic mass is 10.2. The molecule has 0 spiro atoms. The van der Waals surface area contributed by atoms with Gasteiger partial charge >= 0.3 is 0 Å². The molecule has 1 heterocycles. The monoisotopic (exact) mass is 236 g/mol. The largest absolute Gasteiger partial charge is 0.366 e. The molecule has 94 valence electrons. The Bertz CT molecular complexity index is 344. The number of hydrogen-bond donors (Lipinski definition) is 1. The summed E-state index contributed by atoms with van der Waals surface area (Å²) in [6.07, 6.45) is 2.49.